The third kappa shape index (κ3) is 4.66. The zero-order valence-corrected chi connectivity index (χ0v) is 16.7. The van der Waals surface area contributed by atoms with Gasteiger partial charge in [0.15, 0.2) is 0 Å². The monoisotopic (exact) mass is 388 g/mol. The summed E-state index contributed by atoms with van der Waals surface area (Å²) in [6.45, 7) is 5.40. The van der Waals surface area contributed by atoms with E-state index in [9.17, 15) is 4.79 Å². The third-order valence-corrected chi connectivity index (χ3v) is 5.06. The number of carbonyl (C=O) groups excluding carboxylic acids is 1. The Hall–Kier alpha value is -3.12. The highest BCUT2D eigenvalue weighted by Crippen LogP contribution is 2.22. The van der Waals surface area contributed by atoms with Gasteiger partial charge < -0.3 is 9.64 Å². The Labute approximate surface area is 170 Å². The molecule has 6 nitrogen and oxygen atoms in total. The van der Waals surface area contributed by atoms with Crippen molar-refractivity contribution in [2.45, 2.75) is 26.4 Å². The molecule has 0 aliphatic carbocycles. The minimum absolute atomic E-state index is 0.123. The molecule has 1 atom stereocenters. The zero-order valence-electron chi connectivity index (χ0n) is 16.7. The highest BCUT2D eigenvalue weighted by atomic mass is 16.5. The van der Waals surface area contributed by atoms with Crippen molar-refractivity contribution in [3.63, 3.8) is 0 Å². The lowest BCUT2D eigenvalue weighted by molar-refractivity contribution is -0.0249. The molecule has 0 N–H and O–H groups in total. The minimum atomic E-state index is -0.237. The van der Waals surface area contributed by atoms with Crippen molar-refractivity contribution in [3.05, 3.63) is 88.8 Å². The number of aromatic nitrogens is 3. The molecule has 2 aromatic heterocycles. The molecule has 1 aliphatic heterocycles. The molecule has 29 heavy (non-hydrogen) atoms. The Morgan fingerprint density at radius 3 is 2.48 bits per heavy atom. The van der Waals surface area contributed by atoms with Crippen LogP contribution in [0.1, 0.15) is 44.7 Å². The number of hydrogen-bond donors (Lipinski definition) is 0. The Kier molecular flexibility index (Phi) is 5.62. The lowest BCUT2D eigenvalue weighted by Gasteiger charge is -2.32. The van der Waals surface area contributed by atoms with Gasteiger partial charge in [0.25, 0.3) is 5.91 Å². The van der Waals surface area contributed by atoms with Crippen molar-refractivity contribution in [2.24, 2.45) is 0 Å². The zero-order chi connectivity index (χ0) is 20.2. The molecule has 4 rings (SSSR count). The number of aryl methyl sites for hydroxylation is 2. The molecule has 1 fully saturated rings. The van der Waals surface area contributed by atoms with E-state index in [0.717, 1.165) is 23.4 Å². The van der Waals surface area contributed by atoms with E-state index in [-0.39, 0.29) is 12.0 Å². The van der Waals surface area contributed by atoms with E-state index < -0.39 is 0 Å². The first-order valence-corrected chi connectivity index (χ1v) is 9.78. The van der Waals surface area contributed by atoms with Crippen LogP contribution >= 0.6 is 0 Å². The van der Waals surface area contributed by atoms with E-state index in [1.54, 1.807) is 11.1 Å². The maximum absolute atomic E-state index is 12.7. The number of pyridine rings is 1. The summed E-state index contributed by atoms with van der Waals surface area (Å²) >= 11 is 0. The number of benzene rings is 1. The fraction of sp³-hybridized carbons (Fsp3) is 0.304. The second-order valence-corrected chi connectivity index (χ2v) is 7.41. The first-order chi connectivity index (χ1) is 14.1. The highest BCUT2D eigenvalue weighted by molar-refractivity contribution is 5.92. The molecule has 1 amide bonds. The van der Waals surface area contributed by atoms with Gasteiger partial charge >= 0.3 is 0 Å². The summed E-state index contributed by atoms with van der Waals surface area (Å²) in [7, 11) is 0. The van der Waals surface area contributed by atoms with Crippen LogP contribution in [0, 0.1) is 13.8 Å². The van der Waals surface area contributed by atoms with Crippen LogP contribution in [0.4, 0.5) is 0 Å². The number of ether oxygens (including phenoxy) is 1. The van der Waals surface area contributed by atoms with Crippen LogP contribution in [0.2, 0.25) is 0 Å². The van der Waals surface area contributed by atoms with Crippen molar-refractivity contribution in [3.8, 4) is 0 Å². The number of morpholine rings is 1. The van der Waals surface area contributed by atoms with Gasteiger partial charge in [-0.1, -0.05) is 35.9 Å². The van der Waals surface area contributed by atoms with E-state index in [0.29, 0.717) is 25.4 Å². The normalized spacial score (nSPS) is 16.6. The summed E-state index contributed by atoms with van der Waals surface area (Å²) in [4.78, 5) is 27.4. The molecule has 1 aromatic carbocycles. The lowest BCUT2D eigenvalue weighted by atomic mass is 10.0. The van der Waals surface area contributed by atoms with Crippen LogP contribution in [0.15, 0.2) is 55.0 Å². The molecular weight excluding hydrogens is 364 g/mol. The summed E-state index contributed by atoms with van der Waals surface area (Å²) in [6, 6.07) is 12.6. The first kappa shape index (κ1) is 19.2. The Bertz CT molecular complexity index is 969. The summed E-state index contributed by atoms with van der Waals surface area (Å²) in [5, 5.41) is 0. The van der Waals surface area contributed by atoms with Gasteiger partial charge in [0, 0.05) is 18.9 Å². The minimum Gasteiger partial charge on any atom is -0.368 e. The van der Waals surface area contributed by atoms with Crippen molar-refractivity contribution in [2.75, 3.05) is 19.7 Å². The van der Waals surface area contributed by atoms with Gasteiger partial charge in [-0.15, -0.1) is 0 Å². The maximum atomic E-state index is 12.7. The fourth-order valence-corrected chi connectivity index (χ4v) is 3.35. The molecule has 6 heteroatoms. The summed E-state index contributed by atoms with van der Waals surface area (Å²) in [5.41, 5.74) is 5.65. The van der Waals surface area contributed by atoms with Crippen LogP contribution in [0.25, 0.3) is 0 Å². The Morgan fingerprint density at radius 1 is 1.00 bits per heavy atom. The molecule has 148 valence electrons. The largest absolute Gasteiger partial charge is 0.368 e. The van der Waals surface area contributed by atoms with Gasteiger partial charge in [-0.05, 0) is 37.5 Å². The standard InChI is InChI=1S/C23H24N4O2/c1-16-3-5-18(6-4-16)11-19-7-8-20(26-13-19)22-15-27(9-10-29-22)23(28)21-14-24-17(2)12-25-21/h3-8,12-14,22H,9-11,15H2,1-2H3. The van der Waals surface area contributed by atoms with Gasteiger partial charge in [0.2, 0.25) is 0 Å². The average Bonchev–Trinajstić information content (AvgIpc) is 2.76. The topological polar surface area (TPSA) is 68.2 Å². The molecule has 3 heterocycles. The number of carbonyl (C=O) groups is 1. The van der Waals surface area contributed by atoms with E-state index in [2.05, 4.69) is 52.2 Å². The van der Waals surface area contributed by atoms with Crippen LogP contribution in [-0.4, -0.2) is 45.5 Å². The van der Waals surface area contributed by atoms with Crippen molar-refractivity contribution >= 4 is 5.91 Å². The lowest BCUT2D eigenvalue weighted by Crippen LogP contribution is -2.42. The quantitative estimate of drug-likeness (QED) is 0.686. The molecule has 1 unspecified atom stereocenters. The third-order valence-electron chi connectivity index (χ3n) is 5.06. The molecular formula is C23H24N4O2. The van der Waals surface area contributed by atoms with Crippen LogP contribution in [0.3, 0.4) is 0 Å². The fourth-order valence-electron chi connectivity index (χ4n) is 3.35. The first-order valence-electron chi connectivity index (χ1n) is 9.78. The number of hydrogen-bond acceptors (Lipinski definition) is 5. The Balaban J connectivity index is 1.42. The summed E-state index contributed by atoms with van der Waals surface area (Å²) in [5.74, 6) is -0.123. The predicted octanol–water partition coefficient (Wildman–Crippen LogP) is 3.29. The molecule has 3 aromatic rings. The number of nitrogens with zero attached hydrogens (tertiary/aromatic N) is 4. The second-order valence-electron chi connectivity index (χ2n) is 7.41. The van der Waals surface area contributed by atoms with E-state index in [1.807, 2.05) is 19.2 Å². The molecule has 0 bridgehead atoms. The molecule has 1 aliphatic rings. The molecule has 0 radical (unpaired) electrons. The molecule has 1 saturated heterocycles. The predicted molar refractivity (Wildman–Crippen MR) is 110 cm³/mol. The average molecular weight is 388 g/mol. The maximum Gasteiger partial charge on any atom is 0.274 e. The molecule has 0 saturated carbocycles. The van der Waals surface area contributed by atoms with Gasteiger partial charge in [-0.3, -0.25) is 14.8 Å². The number of rotatable bonds is 4. The van der Waals surface area contributed by atoms with Gasteiger partial charge in [0.1, 0.15) is 11.8 Å². The van der Waals surface area contributed by atoms with Gasteiger partial charge in [0.05, 0.1) is 30.7 Å². The Morgan fingerprint density at radius 2 is 1.79 bits per heavy atom. The van der Waals surface area contributed by atoms with E-state index >= 15 is 0 Å². The highest BCUT2D eigenvalue weighted by Gasteiger charge is 2.27. The van der Waals surface area contributed by atoms with E-state index in [1.165, 1.54) is 17.3 Å². The summed E-state index contributed by atoms with van der Waals surface area (Å²) in [6.07, 6.45) is 5.64. The van der Waals surface area contributed by atoms with Crippen molar-refractivity contribution < 1.29 is 9.53 Å². The van der Waals surface area contributed by atoms with Gasteiger partial charge in [-0.2, -0.15) is 0 Å². The molecule has 0 spiro atoms. The van der Waals surface area contributed by atoms with Crippen molar-refractivity contribution in [1.82, 2.24) is 19.9 Å². The summed E-state index contributed by atoms with van der Waals surface area (Å²) < 4.78 is 5.88. The van der Waals surface area contributed by atoms with E-state index in [4.69, 9.17) is 4.74 Å². The smallest absolute Gasteiger partial charge is 0.274 e. The SMILES string of the molecule is Cc1ccc(Cc2ccc(C3CN(C(=O)c4cnc(C)cn4)CCO3)nc2)cc1. The van der Waals surface area contributed by atoms with Crippen LogP contribution in [0.5, 0.6) is 0 Å². The number of amides is 1. The second kappa shape index (κ2) is 8.49. The van der Waals surface area contributed by atoms with Crippen molar-refractivity contribution in [1.29, 1.82) is 0 Å². The van der Waals surface area contributed by atoms with Crippen LogP contribution < -0.4 is 0 Å². The van der Waals surface area contributed by atoms with Crippen LogP contribution in [-0.2, 0) is 11.2 Å². The van der Waals surface area contributed by atoms with Gasteiger partial charge in [-0.25, -0.2) is 4.98 Å².